The first kappa shape index (κ1) is 17.4. The largest absolute Gasteiger partial charge is 0.338 e. The number of nitrogens with zero attached hydrogens (tertiary/aromatic N) is 4. The van der Waals surface area contributed by atoms with Gasteiger partial charge in [0.05, 0.1) is 6.54 Å². The second-order valence-electron chi connectivity index (χ2n) is 6.62. The van der Waals surface area contributed by atoms with Gasteiger partial charge in [-0.2, -0.15) is 4.98 Å². The first-order chi connectivity index (χ1) is 11.6. The molecule has 6 heteroatoms. The normalized spacial score (nSPS) is 19.1. The molecule has 0 saturated carbocycles. The molecule has 0 spiro atoms. The monoisotopic (exact) mass is 348 g/mol. The SMILES string of the molecule is CCN1CCCC(CN(C)Cc2nc(-c3ccc(Cl)cc3)no2)C1. The van der Waals surface area contributed by atoms with Crippen molar-refractivity contribution in [2.24, 2.45) is 5.92 Å². The van der Waals surface area contributed by atoms with Gasteiger partial charge in [-0.25, -0.2) is 0 Å². The molecule has 2 heterocycles. The van der Waals surface area contributed by atoms with Gasteiger partial charge in [0.25, 0.3) is 0 Å². The zero-order chi connectivity index (χ0) is 16.9. The third-order valence-corrected chi connectivity index (χ3v) is 4.85. The van der Waals surface area contributed by atoms with E-state index in [1.807, 2.05) is 24.3 Å². The molecule has 0 aliphatic carbocycles. The summed E-state index contributed by atoms with van der Waals surface area (Å²) >= 11 is 5.91. The predicted octanol–water partition coefficient (Wildman–Crippen LogP) is 3.55. The van der Waals surface area contributed by atoms with Gasteiger partial charge in [0.1, 0.15) is 0 Å². The molecule has 3 rings (SSSR count). The maximum absolute atomic E-state index is 5.91. The molecule has 0 amide bonds. The van der Waals surface area contributed by atoms with E-state index < -0.39 is 0 Å². The Balaban J connectivity index is 1.55. The molecule has 130 valence electrons. The molecule has 5 nitrogen and oxygen atoms in total. The maximum Gasteiger partial charge on any atom is 0.241 e. The highest BCUT2D eigenvalue weighted by molar-refractivity contribution is 6.30. The average molecular weight is 349 g/mol. The van der Waals surface area contributed by atoms with E-state index in [1.165, 1.54) is 25.9 Å². The van der Waals surface area contributed by atoms with Crippen LogP contribution in [0, 0.1) is 5.92 Å². The van der Waals surface area contributed by atoms with Crippen molar-refractivity contribution in [1.29, 1.82) is 0 Å². The van der Waals surface area contributed by atoms with E-state index in [0.717, 1.165) is 24.6 Å². The topological polar surface area (TPSA) is 45.4 Å². The standard InChI is InChI=1S/C18H25ClN4O/c1-3-23-10-4-5-14(12-23)11-22(2)13-17-20-18(21-24-17)15-6-8-16(19)9-7-15/h6-9,14H,3-5,10-13H2,1-2H3. The zero-order valence-electron chi connectivity index (χ0n) is 14.4. The van der Waals surface area contributed by atoms with Crippen molar-refractivity contribution in [1.82, 2.24) is 19.9 Å². The van der Waals surface area contributed by atoms with Crippen molar-refractivity contribution in [3.05, 3.63) is 35.2 Å². The van der Waals surface area contributed by atoms with Gasteiger partial charge in [-0.3, -0.25) is 4.90 Å². The molecule has 1 aliphatic rings. The second-order valence-corrected chi connectivity index (χ2v) is 7.05. The van der Waals surface area contributed by atoms with Gasteiger partial charge in [0.2, 0.25) is 11.7 Å². The molecule has 1 unspecified atom stereocenters. The Labute approximate surface area is 148 Å². The maximum atomic E-state index is 5.91. The van der Waals surface area contributed by atoms with E-state index in [4.69, 9.17) is 16.1 Å². The number of rotatable bonds is 6. The van der Waals surface area contributed by atoms with Crippen LogP contribution in [0.25, 0.3) is 11.4 Å². The predicted molar refractivity (Wildman–Crippen MR) is 95.9 cm³/mol. The van der Waals surface area contributed by atoms with Crippen molar-refractivity contribution >= 4 is 11.6 Å². The van der Waals surface area contributed by atoms with E-state index in [9.17, 15) is 0 Å². The first-order valence-electron chi connectivity index (χ1n) is 8.63. The molecule has 0 bridgehead atoms. The van der Waals surface area contributed by atoms with Crippen molar-refractivity contribution in [2.45, 2.75) is 26.3 Å². The number of piperidine rings is 1. The number of likely N-dealkylation sites (tertiary alicyclic amines) is 1. The Morgan fingerprint density at radius 3 is 2.88 bits per heavy atom. The third kappa shape index (κ3) is 4.56. The molecule has 0 N–H and O–H groups in total. The van der Waals surface area contributed by atoms with Crippen molar-refractivity contribution in [2.75, 3.05) is 33.2 Å². The molecule has 1 aliphatic heterocycles. The van der Waals surface area contributed by atoms with Crippen LogP contribution >= 0.6 is 11.6 Å². The lowest BCUT2D eigenvalue weighted by Gasteiger charge is -2.33. The van der Waals surface area contributed by atoms with Crippen LogP contribution in [0.5, 0.6) is 0 Å². The summed E-state index contributed by atoms with van der Waals surface area (Å²) in [6.07, 6.45) is 2.61. The molecule has 1 aromatic heterocycles. The van der Waals surface area contributed by atoms with E-state index in [-0.39, 0.29) is 0 Å². The van der Waals surface area contributed by atoms with E-state index in [0.29, 0.717) is 23.3 Å². The molecule has 1 aromatic carbocycles. The van der Waals surface area contributed by atoms with Gasteiger partial charge in [-0.15, -0.1) is 0 Å². The summed E-state index contributed by atoms with van der Waals surface area (Å²) in [6, 6.07) is 7.48. The van der Waals surface area contributed by atoms with Crippen LogP contribution in [-0.2, 0) is 6.54 Å². The lowest BCUT2D eigenvalue weighted by molar-refractivity contribution is 0.140. The van der Waals surface area contributed by atoms with Crippen LogP contribution in [0.15, 0.2) is 28.8 Å². The van der Waals surface area contributed by atoms with Gasteiger partial charge >= 0.3 is 0 Å². The molecule has 1 saturated heterocycles. The van der Waals surface area contributed by atoms with Crippen molar-refractivity contribution < 1.29 is 4.52 Å². The van der Waals surface area contributed by atoms with E-state index in [2.05, 4.69) is 33.9 Å². The van der Waals surface area contributed by atoms with Crippen LogP contribution in [-0.4, -0.2) is 53.2 Å². The van der Waals surface area contributed by atoms with Gasteiger partial charge in [0, 0.05) is 23.7 Å². The van der Waals surface area contributed by atoms with Gasteiger partial charge in [-0.1, -0.05) is 23.7 Å². The van der Waals surface area contributed by atoms with Crippen molar-refractivity contribution in [3.8, 4) is 11.4 Å². The summed E-state index contributed by atoms with van der Waals surface area (Å²) in [4.78, 5) is 9.32. The molecule has 0 radical (unpaired) electrons. The van der Waals surface area contributed by atoms with E-state index in [1.54, 1.807) is 0 Å². The fourth-order valence-electron chi connectivity index (χ4n) is 3.36. The quantitative estimate of drug-likeness (QED) is 0.798. The lowest BCUT2D eigenvalue weighted by atomic mass is 9.97. The Bertz CT molecular complexity index is 643. The van der Waals surface area contributed by atoms with Crippen molar-refractivity contribution in [3.63, 3.8) is 0 Å². The Kier molecular flexibility index (Phi) is 5.87. The smallest absolute Gasteiger partial charge is 0.241 e. The van der Waals surface area contributed by atoms with Crippen LogP contribution in [0.2, 0.25) is 5.02 Å². The van der Waals surface area contributed by atoms with Crippen LogP contribution < -0.4 is 0 Å². The highest BCUT2D eigenvalue weighted by atomic mass is 35.5. The Hall–Kier alpha value is -1.43. The Morgan fingerprint density at radius 2 is 2.12 bits per heavy atom. The summed E-state index contributed by atoms with van der Waals surface area (Å²) in [6.45, 7) is 7.57. The van der Waals surface area contributed by atoms with E-state index >= 15 is 0 Å². The minimum Gasteiger partial charge on any atom is -0.338 e. The van der Waals surface area contributed by atoms with Crippen LogP contribution in [0.1, 0.15) is 25.7 Å². The number of aromatic nitrogens is 2. The van der Waals surface area contributed by atoms with Gasteiger partial charge in [-0.05, 0) is 63.2 Å². The summed E-state index contributed by atoms with van der Waals surface area (Å²) in [5.41, 5.74) is 0.919. The Morgan fingerprint density at radius 1 is 1.33 bits per heavy atom. The van der Waals surface area contributed by atoms with Crippen LogP contribution in [0.3, 0.4) is 0 Å². The lowest BCUT2D eigenvalue weighted by Crippen LogP contribution is -2.39. The van der Waals surface area contributed by atoms with Crippen LogP contribution in [0.4, 0.5) is 0 Å². The number of halogens is 1. The molecule has 2 aromatic rings. The highest BCUT2D eigenvalue weighted by Crippen LogP contribution is 2.20. The number of benzene rings is 1. The fourth-order valence-corrected chi connectivity index (χ4v) is 3.49. The average Bonchev–Trinajstić information content (AvgIpc) is 3.04. The fraction of sp³-hybridized carbons (Fsp3) is 0.556. The summed E-state index contributed by atoms with van der Waals surface area (Å²) in [5, 5.41) is 4.78. The molecular weight excluding hydrogens is 324 g/mol. The number of hydrogen-bond donors (Lipinski definition) is 0. The first-order valence-corrected chi connectivity index (χ1v) is 9.01. The number of hydrogen-bond acceptors (Lipinski definition) is 5. The minimum atomic E-state index is 0.616. The zero-order valence-corrected chi connectivity index (χ0v) is 15.2. The van der Waals surface area contributed by atoms with Gasteiger partial charge < -0.3 is 9.42 Å². The molecule has 1 fully saturated rings. The van der Waals surface area contributed by atoms with Gasteiger partial charge in [0.15, 0.2) is 0 Å². The molecule has 1 atom stereocenters. The minimum absolute atomic E-state index is 0.616. The third-order valence-electron chi connectivity index (χ3n) is 4.60. The second kappa shape index (κ2) is 8.10. The molecule has 24 heavy (non-hydrogen) atoms. The highest BCUT2D eigenvalue weighted by Gasteiger charge is 2.21. The molecular formula is C18H25ClN4O. The summed E-state index contributed by atoms with van der Waals surface area (Å²) in [7, 11) is 2.12. The summed E-state index contributed by atoms with van der Waals surface area (Å²) in [5.74, 6) is 2.00. The summed E-state index contributed by atoms with van der Waals surface area (Å²) < 4.78 is 5.41.